The second-order valence-corrected chi connectivity index (χ2v) is 5.96. The maximum atomic E-state index is 12.0. The highest BCUT2D eigenvalue weighted by atomic mass is 35.5. The summed E-state index contributed by atoms with van der Waals surface area (Å²) in [6, 6.07) is 3.66. The first-order chi connectivity index (χ1) is 10.4. The summed E-state index contributed by atoms with van der Waals surface area (Å²) in [6.07, 6.45) is 0. The molecule has 1 amide bonds. The van der Waals surface area contributed by atoms with E-state index >= 15 is 0 Å². The molecule has 7 nitrogen and oxygen atoms in total. The van der Waals surface area contributed by atoms with Gasteiger partial charge in [-0.2, -0.15) is 5.10 Å². The molecule has 22 heavy (non-hydrogen) atoms. The van der Waals surface area contributed by atoms with Crippen LogP contribution in [0.25, 0.3) is 0 Å². The van der Waals surface area contributed by atoms with Gasteiger partial charge in [-0.15, -0.1) is 0 Å². The van der Waals surface area contributed by atoms with Gasteiger partial charge in [-0.3, -0.25) is 14.6 Å². The van der Waals surface area contributed by atoms with Crippen molar-refractivity contribution in [2.75, 3.05) is 11.1 Å². The van der Waals surface area contributed by atoms with Gasteiger partial charge in [-0.05, 0) is 31.0 Å². The maximum absolute atomic E-state index is 12.0. The molecule has 2 aromatic rings. The van der Waals surface area contributed by atoms with E-state index in [1.165, 1.54) is 0 Å². The van der Waals surface area contributed by atoms with Gasteiger partial charge < -0.3 is 5.32 Å². The smallest absolute Gasteiger partial charge is 0.324 e. The van der Waals surface area contributed by atoms with Gasteiger partial charge in [0.05, 0.1) is 16.5 Å². The fourth-order valence-electron chi connectivity index (χ4n) is 1.82. The Balaban J connectivity index is 2.05. The number of H-pyrrole nitrogens is 2. The molecule has 0 spiro atoms. The number of aromatic nitrogens is 3. The van der Waals surface area contributed by atoms with Gasteiger partial charge in [0.15, 0.2) is 5.03 Å². The molecule has 0 unspecified atom stereocenters. The molecule has 0 fully saturated rings. The lowest BCUT2D eigenvalue weighted by atomic mass is 10.1. The Labute approximate surface area is 134 Å². The second kappa shape index (κ2) is 6.80. The van der Waals surface area contributed by atoms with Crippen LogP contribution in [-0.2, 0) is 4.79 Å². The third kappa shape index (κ3) is 3.99. The lowest BCUT2D eigenvalue weighted by Gasteiger charge is -2.11. The number of rotatable bonds is 4. The number of nitrogens with zero attached hydrogens (tertiary/aromatic N) is 1. The lowest BCUT2D eigenvalue weighted by Crippen LogP contribution is -2.25. The Bertz CT molecular complexity index is 808. The van der Waals surface area contributed by atoms with Crippen LogP contribution in [0.5, 0.6) is 0 Å². The molecule has 0 aliphatic rings. The Morgan fingerprint density at radius 2 is 2.09 bits per heavy atom. The third-order valence-electron chi connectivity index (χ3n) is 2.72. The molecule has 1 aromatic carbocycles. The molecule has 2 rings (SSSR count). The molecular weight excluding hydrogens is 328 g/mol. The zero-order chi connectivity index (χ0) is 16.3. The fraction of sp³-hybridized carbons (Fsp3) is 0.231. The normalized spacial score (nSPS) is 10.5. The van der Waals surface area contributed by atoms with Crippen LogP contribution in [0, 0.1) is 13.8 Å². The summed E-state index contributed by atoms with van der Waals surface area (Å²) in [5, 5.41) is 8.86. The molecule has 1 aromatic heterocycles. The third-order valence-corrected chi connectivity index (χ3v) is 3.97. The van der Waals surface area contributed by atoms with Crippen LogP contribution in [0.4, 0.5) is 5.69 Å². The second-order valence-electron chi connectivity index (χ2n) is 4.59. The van der Waals surface area contributed by atoms with Crippen molar-refractivity contribution in [1.29, 1.82) is 0 Å². The highest BCUT2D eigenvalue weighted by Crippen LogP contribution is 2.27. The lowest BCUT2D eigenvalue weighted by molar-refractivity contribution is -0.113. The number of amides is 1. The molecule has 1 heterocycles. The van der Waals surface area contributed by atoms with Crippen LogP contribution < -0.4 is 16.6 Å². The summed E-state index contributed by atoms with van der Waals surface area (Å²) >= 11 is 7.03. The average Bonchev–Trinajstić information content (AvgIpc) is 2.42. The van der Waals surface area contributed by atoms with Gasteiger partial charge in [0.25, 0.3) is 5.56 Å². The maximum Gasteiger partial charge on any atom is 0.342 e. The predicted octanol–water partition coefficient (Wildman–Crippen LogP) is 1.46. The number of benzene rings is 1. The van der Waals surface area contributed by atoms with Crippen LogP contribution in [0.1, 0.15) is 11.1 Å². The van der Waals surface area contributed by atoms with E-state index in [9.17, 15) is 14.4 Å². The van der Waals surface area contributed by atoms with Crippen LogP contribution in [-0.4, -0.2) is 26.8 Å². The van der Waals surface area contributed by atoms with Gasteiger partial charge in [0.2, 0.25) is 5.91 Å². The number of anilines is 1. The molecule has 0 radical (unpaired) electrons. The standard InChI is InChI=1S/C13H13ClN4O3S/c1-6-3-7(2)10(8(14)4-6)15-9(19)5-22-12-11(20)16-13(21)18-17-12/h3-4H,5H2,1-2H3,(H,15,19)(H2,16,18,20,21). The summed E-state index contributed by atoms with van der Waals surface area (Å²) in [7, 11) is 0. The minimum Gasteiger partial charge on any atom is -0.324 e. The minimum absolute atomic E-state index is 0.0153. The quantitative estimate of drug-likeness (QED) is 0.730. The highest BCUT2D eigenvalue weighted by Gasteiger charge is 2.11. The van der Waals surface area contributed by atoms with Crippen molar-refractivity contribution in [2.45, 2.75) is 18.9 Å². The Hall–Kier alpha value is -2.06. The molecule has 0 aliphatic carbocycles. The number of hydrogen-bond donors (Lipinski definition) is 3. The summed E-state index contributed by atoms with van der Waals surface area (Å²) in [5.74, 6) is -0.363. The van der Waals surface area contributed by atoms with Crippen LogP contribution in [0.2, 0.25) is 5.02 Å². The first-order valence-electron chi connectivity index (χ1n) is 6.25. The number of carbonyl (C=O) groups excluding carboxylic acids is 1. The van der Waals surface area contributed by atoms with E-state index in [-0.39, 0.29) is 16.7 Å². The molecule has 0 aliphatic heterocycles. The number of carbonyl (C=O) groups is 1. The highest BCUT2D eigenvalue weighted by molar-refractivity contribution is 7.99. The summed E-state index contributed by atoms with van der Waals surface area (Å²) < 4.78 is 0. The van der Waals surface area contributed by atoms with Gasteiger partial charge in [0.1, 0.15) is 0 Å². The Morgan fingerprint density at radius 1 is 1.36 bits per heavy atom. The van der Waals surface area contributed by atoms with E-state index in [1.807, 2.05) is 24.9 Å². The number of thioether (sulfide) groups is 1. The number of nitrogens with one attached hydrogen (secondary N) is 3. The summed E-state index contributed by atoms with van der Waals surface area (Å²) in [6.45, 7) is 3.75. The Morgan fingerprint density at radius 3 is 2.73 bits per heavy atom. The molecule has 116 valence electrons. The number of halogens is 1. The van der Waals surface area contributed by atoms with Crippen LogP contribution >= 0.6 is 23.4 Å². The summed E-state index contributed by atoms with van der Waals surface area (Å²) in [5.41, 5.74) is 1.07. The van der Waals surface area contributed by atoms with Crippen LogP contribution in [0.15, 0.2) is 26.7 Å². The van der Waals surface area contributed by atoms with Gasteiger partial charge in [0, 0.05) is 0 Å². The van der Waals surface area contributed by atoms with Gasteiger partial charge in [-0.25, -0.2) is 9.89 Å². The monoisotopic (exact) mass is 340 g/mol. The largest absolute Gasteiger partial charge is 0.342 e. The van der Waals surface area contributed by atoms with Crippen molar-refractivity contribution >= 4 is 35.0 Å². The van der Waals surface area contributed by atoms with Crippen molar-refractivity contribution < 1.29 is 4.79 Å². The Kier molecular flexibility index (Phi) is 5.04. The van der Waals surface area contributed by atoms with Crippen LogP contribution in [0.3, 0.4) is 0 Å². The fourth-order valence-corrected chi connectivity index (χ4v) is 2.82. The van der Waals surface area contributed by atoms with E-state index in [0.717, 1.165) is 22.9 Å². The zero-order valence-electron chi connectivity index (χ0n) is 11.8. The first-order valence-corrected chi connectivity index (χ1v) is 7.61. The molecule has 9 heteroatoms. The van der Waals surface area contributed by atoms with E-state index in [4.69, 9.17) is 11.6 Å². The molecule has 0 atom stereocenters. The SMILES string of the molecule is Cc1cc(C)c(NC(=O)CSc2n[nH]c(=O)[nH]c2=O)c(Cl)c1. The topological polar surface area (TPSA) is 108 Å². The average molecular weight is 341 g/mol. The van der Waals surface area contributed by atoms with E-state index in [2.05, 4.69) is 15.5 Å². The molecule has 0 bridgehead atoms. The summed E-state index contributed by atoms with van der Waals surface area (Å²) in [4.78, 5) is 36.3. The van der Waals surface area contributed by atoms with Crippen molar-refractivity contribution in [2.24, 2.45) is 0 Å². The molecule has 3 N–H and O–H groups in total. The number of aryl methyl sites for hydroxylation is 2. The minimum atomic E-state index is -0.694. The first kappa shape index (κ1) is 16.3. The van der Waals surface area contributed by atoms with Crippen molar-refractivity contribution in [3.63, 3.8) is 0 Å². The zero-order valence-corrected chi connectivity index (χ0v) is 13.4. The number of aromatic amines is 2. The van der Waals surface area contributed by atoms with Crippen molar-refractivity contribution in [1.82, 2.24) is 15.2 Å². The van der Waals surface area contributed by atoms with Crippen molar-refractivity contribution in [3.8, 4) is 0 Å². The molecule has 0 saturated carbocycles. The van der Waals surface area contributed by atoms with Gasteiger partial charge in [-0.1, -0.05) is 29.4 Å². The molecular formula is C13H13ClN4O3S. The number of hydrogen-bond acceptors (Lipinski definition) is 5. The predicted molar refractivity (Wildman–Crippen MR) is 85.8 cm³/mol. The van der Waals surface area contributed by atoms with E-state index in [0.29, 0.717) is 10.7 Å². The van der Waals surface area contributed by atoms with E-state index < -0.39 is 11.2 Å². The van der Waals surface area contributed by atoms with Crippen molar-refractivity contribution in [3.05, 3.63) is 49.1 Å². The molecule has 0 saturated heterocycles. The van der Waals surface area contributed by atoms with Gasteiger partial charge >= 0.3 is 5.69 Å². The van der Waals surface area contributed by atoms with E-state index in [1.54, 1.807) is 6.07 Å².